The van der Waals surface area contributed by atoms with Crippen LogP contribution in [0.15, 0.2) is 53.6 Å². The largest absolute Gasteiger partial charge is 0.493 e. The number of anilines is 1. The monoisotopic (exact) mass is 397 g/mol. The Balaban J connectivity index is 1.56. The fourth-order valence-electron chi connectivity index (χ4n) is 2.31. The van der Waals surface area contributed by atoms with E-state index in [1.54, 1.807) is 19.2 Å². The van der Waals surface area contributed by atoms with Gasteiger partial charge in [-0.1, -0.05) is 41.7 Å². The van der Waals surface area contributed by atoms with Crippen LogP contribution in [0.5, 0.6) is 11.5 Å². The van der Waals surface area contributed by atoms with E-state index in [-0.39, 0.29) is 12.3 Å². The molecule has 0 fully saturated rings. The summed E-state index contributed by atoms with van der Waals surface area (Å²) < 4.78 is 11.2. The van der Waals surface area contributed by atoms with Gasteiger partial charge >= 0.3 is 0 Å². The average Bonchev–Trinajstić information content (AvgIpc) is 3.12. The lowest BCUT2D eigenvalue weighted by Crippen LogP contribution is -2.19. The Kier molecular flexibility index (Phi) is 6.53. The minimum absolute atomic E-state index is 0.0712. The molecule has 28 heavy (non-hydrogen) atoms. The molecule has 3 aromatic rings. The number of hydrogen-bond acceptors (Lipinski definition) is 8. The smallest absolute Gasteiger partial charge is 0.247 e. The van der Waals surface area contributed by atoms with Gasteiger partial charge in [-0.25, -0.2) is 5.43 Å². The normalized spacial score (nSPS) is 10.8. The van der Waals surface area contributed by atoms with E-state index in [0.717, 1.165) is 11.1 Å². The second kappa shape index (κ2) is 9.47. The fourth-order valence-corrected chi connectivity index (χ4v) is 2.92. The predicted octanol–water partition coefficient (Wildman–Crippen LogP) is 2.40. The molecular weight excluding hydrogens is 378 g/mol. The number of amides is 1. The van der Waals surface area contributed by atoms with E-state index in [9.17, 15) is 4.79 Å². The molecule has 0 saturated carbocycles. The highest BCUT2D eigenvalue weighted by Gasteiger charge is 2.08. The third-order valence-corrected chi connectivity index (χ3v) is 4.37. The molecule has 8 nitrogen and oxygen atoms in total. The first-order valence-electron chi connectivity index (χ1n) is 8.38. The number of hydrazone groups is 1. The van der Waals surface area contributed by atoms with Crippen LogP contribution in [0.4, 0.5) is 5.13 Å². The molecule has 1 aromatic heterocycles. The van der Waals surface area contributed by atoms with Gasteiger partial charge in [0.2, 0.25) is 11.0 Å². The van der Waals surface area contributed by atoms with Crippen LogP contribution < -0.4 is 20.6 Å². The number of nitrogens with two attached hydrogens (primary N) is 1. The Morgan fingerprint density at radius 1 is 1.21 bits per heavy atom. The molecule has 3 N–H and O–H groups in total. The van der Waals surface area contributed by atoms with Crippen LogP contribution in [-0.2, 0) is 17.8 Å². The van der Waals surface area contributed by atoms with Crippen molar-refractivity contribution in [3.05, 3.63) is 64.7 Å². The average molecular weight is 397 g/mol. The zero-order valence-electron chi connectivity index (χ0n) is 15.2. The molecule has 0 radical (unpaired) electrons. The SMILES string of the molecule is COc1cc(C=NNC(=O)Cc2nnc(N)s2)ccc1OCc1ccccc1. The van der Waals surface area contributed by atoms with Gasteiger partial charge in [0.1, 0.15) is 11.6 Å². The van der Waals surface area contributed by atoms with Gasteiger partial charge in [-0.05, 0) is 29.3 Å². The summed E-state index contributed by atoms with van der Waals surface area (Å²) in [6, 6.07) is 15.3. The summed E-state index contributed by atoms with van der Waals surface area (Å²) in [5, 5.41) is 12.3. The second-order valence-electron chi connectivity index (χ2n) is 5.69. The zero-order valence-corrected chi connectivity index (χ0v) is 16.0. The highest BCUT2D eigenvalue weighted by molar-refractivity contribution is 7.15. The van der Waals surface area contributed by atoms with E-state index in [1.165, 1.54) is 17.6 Å². The van der Waals surface area contributed by atoms with Gasteiger partial charge in [0.25, 0.3) is 0 Å². The number of nitrogen functional groups attached to an aromatic ring is 1. The molecule has 0 bridgehead atoms. The Bertz CT molecular complexity index is 959. The molecule has 0 aliphatic rings. The number of carbonyl (C=O) groups is 1. The first-order valence-corrected chi connectivity index (χ1v) is 9.20. The van der Waals surface area contributed by atoms with Crippen LogP contribution >= 0.6 is 11.3 Å². The molecule has 144 valence electrons. The number of methoxy groups -OCH3 is 1. The molecule has 1 heterocycles. The maximum absolute atomic E-state index is 11.8. The first kappa shape index (κ1) is 19.3. The van der Waals surface area contributed by atoms with Gasteiger partial charge in [0, 0.05) is 0 Å². The predicted molar refractivity (Wildman–Crippen MR) is 108 cm³/mol. The van der Waals surface area contributed by atoms with E-state index in [0.29, 0.717) is 28.2 Å². The molecule has 0 atom stereocenters. The van der Waals surface area contributed by atoms with Crippen molar-refractivity contribution >= 4 is 28.6 Å². The number of benzene rings is 2. The Hall–Kier alpha value is -3.46. The summed E-state index contributed by atoms with van der Waals surface area (Å²) in [6.45, 7) is 0.441. The fraction of sp³-hybridized carbons (Fsp3) is 0.158. The maximum Gasteiger partial charge on any atom is 0.247 e. The highest BCUT2D eigenvalue weighted by Crippen LogP contribution is 2.28. The summed E-state index contributed by atoms with van der Waals surface area (Å²) in [7, 11) is 1.57. The van der Waals surface area contributed by atoms with Crippen molar-refractivity contribution in [1.82, 2.24) is 15.6 Å². The molecule has 0 aliphatic heterocycles. The van der Waals surface area contributed by atoms with Crippen LogP contribution in [-0.4, -0.2) is 29.4 Å². The van der Waals surface area contributed by atoms with Crippen molar-refractivity contribution < 1.29 is 14.3 Å². The van der Waals surface area contributed by atoms with Crippen LogP contribution in [0.1, 0.15) is 16.1 Å². The highest BCUT2D eigenvalue weighted by atomic mass is 32.1. The van der Waals surface area contributed by atoms with E-state index in [1.807, 2.05) is 36.4 Å². The van der Waals surface area contributed by atoms with Gasteiger partial charge < -0.3 is 15.2 Å². The van der Waals surface area contributed by atoms with Crippen molar-refractivity contribution in [2.75, 3.05) is 12.8 Å². The Morgan fingerprint density at radius 3 is 2.75 bits per heavy atom. The van der Waals surface area contributed by atoms with Gasteiger partial charge in [-0.15, -0.1) is 10.2 Å². The topological polar surface area (TPSA) is 112 Å². The number of carbonyl (C=O) groups excluding carboxylic acids is 1. The quantitative estimate of drug-likeness (QED) is 0.446. The van der Waals surface area contributed by atoms with Crippen LogP contribution in [0, 0.1) is 0 Å². The lowest BCUT2D eigenvalue weighted by atomic mass is 10.2. The first-order chi connectivity index (χ1) is 13.6. The van der Waals surface area contributed by atoms with Crippen LogP contribution in [0.3, 0.4) is 0 Å². The Labute approximate surface area is 166 Å². The second-order valence-corrected chi connectivity index (χ2v) is 6.78. The number of rotatable bonds is 8. The lowest BCUT2D eigenvalue weighted by molar-refractivity contribution is -0.120. The summed E-state index contributed by atoms with van der Waals surface area (Å²) >= 11 is 1.17. The summed E-state index contributed by atoms with van der Waals surface area (Å²) in [4.78, 5) is 11.8. The van der Waals surface area contributed by atoms with Crippen LogP contribution in [0.2, 0.25) is 0 Å². The minimum atomic E-state index is -0.304. The van der Waals surface area contributed by atoms with Crippen LogP contribution in [0.25, 0.3) is 0 Å². The van der Waals surface area contributed by atoms with Gasteiger partial charge in [-0.2, -0.15) is 5.10 Å². The minimum Gasteiger partial charge on any atom is -0.493 e. The van der Waals surface area contributed by atoms with Gasteiger partial charge in [-0.3, -0.25) is 4.79 Å². The van der Waals surface area contributed by atoms with E-state index in [4.69, 9.17) is 15.2 Å². The number of aromatic nitrogens is 2. The zero-order chi connectivity index (χ0) is 19.8. The van der Waals surface area contributed by atoms with E-state index in [2.05, 4.69) is 20.7 Å². The van der Waals surface area contributed by atoms with E-state index < -0.39 is 0 Å². The number of ether oxygens (including phenoxy) is 2. The maximum atomic E-state index is 11.8. The third kappa shape index (κ3) is 5.52. The number of nitrogens with zero attached hydrogens (tertiary/aromatic N) is 3. The van der Waals surface area contributed by atoms with Gasteiger partial charge in [0.15, 0.2) is 11.5 Å². The lowest BCUT2D eigenvalue weighted by Gasteiger charge is -2.11. The van der Waals surface area contributed by atoms with E-state index >= 15 is 0 Å². The molecule has 2 aromatic carbocycles. The van der Waals surface area contributed by atoms with Crippen molar-refractivity contribution in [2.24, 2.45) is 5.10 Å². The molecule has 0 aliphatic carbocycles. The number of hydrogen-bond donors (Lipinski definition) is 2. The van der Waals surface area contributed by atoms with Crippen molar-refractivity contribution in [1.29, 1.82) is 0 Å². The molecule has 1 amide bonds. The molecular formula is C19H19N5O3S. The van der Waals surface area contributed by atoms with Crippen molar-refractivity contribution in [3.8, 4) is 11.5 Å². The summed E-state index contributed by atoms with van der Waals surface area (Å²) in [6.07, 6.45) is 1.59. The third-order valence-electron chi connectivity index (χ3n) is 3.62. The molecule has 3 rings (SSSR count). The number of nitrogens with one attached hydrogen (secondary N) is 1. The Morgan fingerprint density at radius 2 is 2.04 bits per heavy atom. The van der Waals surface area contributed by atoms with Crippen molar-refractivity contribution in [3.63, 3.8) is 0 Å². The summed E-state index contributed by atoms with van der Waals surface area (Å²) in [5.41, 5.74) is 9.75. The molecule has 0 unspecified atom stereocenters. The standard InChI is InChI=1S/C19H19N5O3S/c1-26-16-9-14(7-8-15(16)27-12-13-5-3-2-4-6-13)11-21-22-17(25)10-18-23-24-19(20)28-18/h2-9,11H,10,12H2,1H3,(H2,20,24)(H,22,25). The molecule has 0 saturated heterocycles. The molecule has 9 heteroatoms. The molecule has 0 spiro atoms. The van der Waals surface area contributed by atoms with Gasteiger partial charge in [0.05, 0.1) is 19.7 Å². The van der Waals surface area contributed by atoms with Crippen molar-refractivity contribution in [2.45, 2.75) is 13.0 Å². The summed E-state index contributed by atoms with van der Waals surface area (Å²) in [5.74, 6) is 0.902.